The van der Waals surface area contributed by atoms with Crippen molar-refractivity contribution in [3.63, 3.8) is 0 Å². The van der Waals surface area contributed by atoms with Gasteiger partial charge in [-0.15, -0.1) is 5.10 Å². The maximum Gasteiger partial charge on any atom is 0.181 e. The average molecular weight is 383 g/mol. The number of rotatable bonds is 7. The number of aromatic nitrogens is 4. The van der Waals surface area contributed by atoms with Crippen LogP contribution in [0.25, 0.3) is 11.8 Å². The molecule has 1 heterocycles. The molecule has 8 nitrogen and oxygen atoms in total. The Kier molecular flexibility index (Phi) is 5.64. The Labute approximate surface area is 160 Å². The molecule has 0 atom stereocenters. The topological polar surface area (TPSA) is 91.2 Å². The molecule has 0 aliphatic rings. The molecular formula is C19H18FN5O3. The first-order chi connectivity index (χ1) is 13.5. The largest absolute Gasteiger partial charge is 0.493 e. The van der Waals surface area contributed by atoms with E-state index in [1.165, 1.54) is 38.0 Å². The van der Waals surface area contributed by atoms with Crippen molar-refractivity contribution in [1.29, 1.82) is 0 Å². The van der Waals surface area contributed by atoms with Gasteiger partial charge in [0.05, 0.1) is 25.6 Å². The first-order valence-electron chi connectivity index (χ1n) is 8.28. The number of nitrogens with zero attached hydrogens (tertiary/aromatic N) is 4. The van der Waals surface area contributed by atoms with Crippen molar-refractivity contribution in [2.75, 3.05) is 19.5 Å². The normalized spacial score (nSPS) is 10.9. The Bertz CT molecular complexity index is 1010. The number of nitrogens with one attached hydrogen (secondary N) is 1. The lowest BCUT2D eigenvalue weighted by Gasteiger charge is -2.13. The molecule has 0 unspecified atom stereocenters. The van der Waals surface area contributed by atoms with Crippen molar-refractivity contribution in [2.45, 2.75) is 6.92 Å². The van der Waals surface area contributed by atoms with Crippen LogP contribution >= 0.6 is 0 Å². The zero-order valence-electron chi connectivity index (χ0n) is 15.5. The van der Waals surface area contributed by atoms with Crippen LogP contribution < -0.4 is 14.8 Å². The summed E-state index contributed by atoms with van der Waals surface area (Å²) in [5.74, 6) is 0.889. The number of carbonyl (C=O) groups is 1. The second-order valence-electron chi connectivity index (χ2n) is 5.71. The van der Waals surface area contributed by atoms with E-state index in [1.807, 2.05) is 0 Å². The fourth-order valence-electron chi connectivity index (χ4n) is 2.56. The van der Waals surface area contributed by atoms with Gasteiger partial charge in [0.1, 0.15) is 5.82 Å². The number of tetrazole rings is 1. The summed E-state index contributed by atoms with van der Waals surface area (Å²) in [5, 5.41) is 14.5. The van der Waals surface area contributed by atoms with Gasteiger partial charge in [0.25, 0.3) is 0 Å². The molecule has 0 aliphatic carbocycles. The van der Waals surface area contributed by atoms with Crippen LogP contribution in [0, 0.1) is 5.82 Å². The molecule has 0 fully saturated rings. The molecule has 0 spiro atoms. The highest BCUT2D eigenvalue weighted by atomic mass is 19.1. The van der Waals surface area contributed by atoms with E-state index in [0.717, 1.165) is 0 Å². The number of ketones is 1. The van der Waals surface area contributed by atoms with Crippen LogP contribution in [0.15, 0.2) is 42.6 Å². The van der Waals surface area contributed by atoms with Crippen LogP contribution in [-0.2, 0) is 0 Å². The molecule has 0 radical (unpaired) electrons. The number of halogens is 1. The third-order valence-electron chi connectivity index (χ3n) is 3.94. The number of hydrogen-bond acceptors (Lipinski definition) is 7. The highest BCUT2D eigenvalue weighted by molar-refractivity contribution is 6.00. The molecule has 144 valence electrons. The van der Waals surface area contributed by atoms with Gasteiger partial charge in [0.2, 0.25) is 0 Å². The zero-order chi connectivity index (χ0) is 20.1. The van der Waals surface area contributed by atoms with Crippen LogP contribution in [0.5, 0.6) is 11.5 Å². The quantitative estimate of drug-likeness (QED) is 0.627. The molecule has 0 aliphatic heterocycles. The minimum Gasteiger partial charge on any atom is -0.493 e. The van der Waals surface area contributed by atoms with E-state index in [-0.39, 0.29) is 11.6 Å². The summed E-state index contributed by atoms with van der Waals surface area (Å²) in [7, 11) is 3.02. The smallest absolute Gasteiger partial charge is 0.181 e. The number of hydrogen-bond donors (Lipinski definition) is 1. The number of methoxy groups -OCH3 is 2. The van der Waals surface area contributed by atoms with Crippen molar-refractivity contribution in [3.05, 3.63) is 59.8 Å². The molecule has 0 amide bonds. The SMILES string of the molecule is COc1cc(NC=Cc2nnnn2-c2ccc(F)cc2)c(C(C)=O)cc1OC. The fourth-order valence-corrected chi connectivity index (χ4v) is 2.56. The van der Waals surface area contributed by atoms with Crippen molar-refractivity contribution in [2.24, 2.45) is 0 Å². The molecule has 2 aromatic carbocycles. The van der Waals surface area contributed by atoms with Gasteiger partial charge in [-0.05, 0) is 47.7 Å². The monoisotopic (exact) mass is 383 g/mol. The Balaban J connectivity index is 1.87. The Morgan fingerprint density at radius 3 is 2.46 bits per heavy atom. The fraction of sp³-hybridized carbons (Fsp3) is 0.158. The molecule has 0 saturated heterocycles. The predicted octanol–water partition coefficient (Wildman–Crippen LogP) is 3.10. The zero-order valence-corrected chi connectivity index (χ0v) is 15.5. The van der Waals surface area contributed by atoms with Crippen LogP contribution in [0.2, 0.25) is 0 Å². The van der Waals surface area contributed by atoms with Crippen molar-refractivity contribution in [3.8, 4) is 17.2 Å². The minimum absolute atomic E-state index is 0.131. The molecule has 3 rings (SSSR count). The summed E-state index contributed by atoms with van der Waals surface area (Å²) in [6.07, 6.45) is 3.23. The first-order valence-corrected chi connectivity index (χ1v) is 8.28. The molecule has 3 aromatic rings. The van der Waals surface area contributed by atoms with Crippen molar-refractivity contribution in [1.82, 2.24) is 20.2 Å². The molecule has 1 N–H and O–H groups in total. The van der Waals surface area contributed by atoms with E-state index >= 15 is 0 Å². The Morgan fingerprint density at radius 1 is 1.14 bits per heavy atom. The van der Waals surface area contributed by atoms with E-state index in [1.54, 1.807) is 36.5 Å². The van der Waals surface area contributed by atoms with E-state index in [4.69, 9.17) is 9.47 Å². The number of benzene rings is 2. The van der Waals surface area contributed by atoms with Gasteiger partial charge >= 0.3 is 0 Å². The van der Waals surface area contributed by atoms with Crippen LogP contribution in [0.4, 0.5) is 10.1 Å². The Morgan fingerprint density at radius 2 is 1.82 bits per heavy atom. The molecular weight excluding hydrogens is 365 g/mol. The minimum atomic E-state index is -0.346. The predicted molar refractivity (Wildman–Crippen MR) is 101 cm³/mol. The van der Waals surface area contributed by atoms with Gasteiger partial charge in [-0.1, -0.05) is 0 Å². The van der Waals surface area contributed by atoms with Crippen molar-refractivity contribution >= 4 is 17.5 Å². The molecule has 28 heavy (non-hydrogen) atoms. The second kappa shape index (κ2) is 8.30. The molecule has 0 bridgehead atoms. The summed E-state index contributed by atoms with van der Waals surface area (Å²) in [6.45, 7) is 1.46. The third kappa shape index (κ3) is 3.98. The van der Waals surface area contributed by atoms with Gasteiger partial charge in [-0.25, -0.2) is 4.39 Å². The highest BCUT2D eigenvalue weighted by Gasteiger charge is 2.14. The van der Waals surface area contributed by atoms with Crippen molar-refractivity contribution < 1.29 is 18.7 Å². The van der Waals surface area contributed by atoms with Crippen LogP contribution in [0.1, 0.15) is 23.1 Å². The standard InChI is InChI=1S/C19H18FN5O3/c1-12(26)15-10-17(27-2)18(28-3)11-16(15)21-9-8-19-22-23-24-25(19)14-6-4-13(20)5-7-14/h4-11,21H,1-3H3. The Hall–Kier alpha value is -3.75. The van der Waals surface area contributed by atoms with E-state index < -0.39 is 0 Å². The van der Waals surface area contributed by atoms with Gasteiger partial charge in [0, 0.05) is 23.9 Å². The average Bonchev–Trinajstić information content (AvgIpc) is 3.16. The molecule has 1 aromatic heterocycles. The number of ether oxygens (including phenoxy) is 2. The maximum absolute atomic E-state index is 13.1. The van der Waals surface area contributed by atoms with Crippen LogP contribution in [0.3, 0.4) is 0 Å². The lowest BCUT2D eigenvalue weighted by molar-refractivity contribution is 0.101. The van der Waals surface area contributed by atoms with Crippen LogP contribution in [-0.4, -0.2) is 40.2 Å². The molecule has 9 heteroatoms. The van der Waals surface area contributed by atoms with Gasteiger partial charge in [-0.2, -0.15) is 4.68 Å². The third-order valence-corrected chi connectivity index (χ3v) is 3.94. The van der Waals surface area contributed by atoms with Gasteiger partial charge < -0.3 is 14.8 Å². The maximum atomic E-state index is 13.1. The summed E-state index contributed by atoms with van der Waals surface area (Å²) >= 11 is 0. The van der Waals surface area contributed by atoms with E-state index in [9.17, 15) is 9.18 Å². The van der Waals surface area contributed by atoms with Gasteiger partial charge in [-0.3, -0.25) is 4.79 Å². The molecule has 0 saturated carbocycles. The second-order valence-corrected chi connectivity index (χ2v) is 5.71. The first kappa shape index (κ1) is 19.0. The number of carbonyl (C=O) groups excluding carboxylic acids is 1. The highest BCUT2D eigenvalue weighted by Crippen LogP contribution is 2.33. The van der Waals surface area contributed by atoms with E-state index in [2.05, 4.69) is 20.8 Å². The number of Topliss-reactive ketones (excluding diaryl/α,β-unsaturated/α-hetero) is 1. The van der Waals surface area contributed by atoms with Gasteiger partial charge in [0.15, 0.2) is 23.1 Å². The summed E-state index contributed by atoms with van der Waals surface area (Å²) in [5.41, 5.74) is 1.60. The summed E-state index contributed by atoms with van der Waals surface area (Å²) in [6, 6.07) is 9.07. The number of anilines is 1. The lowest BCUT2D eigenvalue weighted by atomic mass is 10.1. The lowest BCUT2D eigenvalue weighted by Crippen LogP contribution is -2.03. The summed E-state index contributed by atoms with van der Waals surface area (Å²) in [4.78, 5) is 12.0. The summed E-state index contributed by atoms with van der Waals surface area (Å²) < 4.78 is 25.1. The van der Waals surface area contributed by atoms with E-state index in [0.29, 0.717) is 34.3 Å².